The zero-order valence-electron chi connectivity index (χ0n) is 9.82. The Kier molecular flexibility index (Phi) is 2.51. The molecule has 1 saturated carbocycles. The van der Waals surface area contributed by atoms with E-state index in [1.165, 1.54) is 16.9 Å². The number of carboxylic acids is 1. The van der Waals surface area contributed by atoms with E-state index in [9.17, 15) is 14.3 Å². The summed E-state index contributed by atoms with van der Waals surface area (Å²) in [6.07, 6.45) is 4.11. The molecule has 3 rings (SSSR count). The number of rotatable bonds is 3. The lowest BCUT2D eigenvalue weighted by atomic mass is 9.76. The Morgan fingerprint density at radius 2 is 2.26 bits per heavy atom. The summed E-state index contributed by atoms with van der Waals surface area (Å²) in [6.45, 7) is 0. The molecular weight excluding hydrogens is 253 g/mol. The molecule has 1 aliphatic carbocycles. The molecule has 0 unspecified atom stereocenters. The average molecular weight is 263 g/mol. The van der Waals surface area contributed by atoms with Gasteiger partial charge >= 0.3 is 5.97 Å². The average Bonchev–Trinajstić information content (AvgIpc) is 2.77. The van der Waals surface area contributed by atoms with Gasteiger partial charge in [0.05, 0.1) is 11.8 Å². The summed E-state index contributed by atoms with van der Waals surface area (Å²) in [4.78, 5) is 15.1. The van der Waals surface area contributed by atoms with Gasteiger partial charge in [0.25, 0.3) is 0 Å². The van der Waals surface area contributed by atoms with Gasteiger partial charge in [-0.1, -0.05) is 0 Å². The van der Waals surface area contributed by atoms with E-state index in [4.69, 9.17) is 0 Å². The maximum absolute atomic E-state index is 13.7. The molecule has 8 heteroatoms. The molecule has 0 aliphatic heterocycles. The first kappa shape index (κ1) is 11.7. The third-order valence-electron chi connectivity index (χ3n) is 3.47. The lowest BCUT2D eigenvalue weighted by Crippen LogP contribution is -2.48. The molecular formula is C11H10FN5O2. The van der Waals surface area contributed by atoms with Gasteiger partial charge in [-0.25, -0.2) is 13.9 Å². The molecule has 2 aromatic heterocycles. The zero-order valence-corrected chi connectivity index (χ0v) is 9.82. The van der Waals surface area contributed by atoms with Crippen LogP contribution in [0.5, 0.6) is 0 Å². The van der Waals surface area contributed by atoms with Gasteiger partial charge in [0, 0.05) is 6.20 Å². The van der Waals surface area contributed by atoms with Crippen LogP contribution in [0.25, 0.3) is 11.4 Å². The van der Waals surface area contributed by atoms with E-state index in [-0.39, 0.29) is 11.4 Å². The molecule has 19 heavy (non-hydrogen) atoms. The summed E-state index contributed by atoms with van der Waals surface area (Å²) < 4.78 is 14.9. The minimum Gasteiger partial charge on any atom is -0.479 e. The van der Waals surface area contributed by atoms with Gasteiger partial charge in [-0.3, -0.25) is 4.98 Å². The number of hydrogen-bond acceptors (Lipinski definition) is 5. The van der Waals surface area contributed by atoms with Crippen LogP contribution < -0.4 is 0 Å². The Morgan fingerprint density at radius 3 is 2.84 bits per heavy atom. The Morgan fingerprint density at radius 1 is 1.47 bits per heavy atom. The second-order valence-electron chi connectivity index (χ2n) is 4.46. The summed E-state index contributed by atoms with van der Waals surface area (Å²) in [7, 11) is 0. The monoisotopic (exact) mass is 263 g/mol. The zero-order chi connectivity index (χ0) is 13.5. The molecule has 7 nitrogen and oxygen atoms in total. The van der Waals surface area contributed by atoms with Crippen molar-refractivity contribution in [2.45, 2.75) is 24.8 Å². The first-order valence-corrected chi connectivity index (χ1v) is 5.77. The molecule has 98 valence electrons. The van der Waals surface area contributed by atoms with E-state index in [0.29, 0.717) is 12.8 Å². The van der Waals surface area contributed by atoms with Gasteiger partial charge in [0.2, 0.25) is 0 Å². The SMILES string of the molecule is O=C(O)C1(n2nnnc2-c2ccncc2F)CCC1. The van der Waals surface area contributed by atoms with E-state index in [1.54, 1.807) is 0 Å². The van der Waals surface area contributed by atoms with Crippen LogP contribution in [0.15, 0.2) is 18.5 Å². The molecule has 1 N–H and O–H groups in total. The van der Waals surface area contributed by atoms with Crippen molar-refractivity contribution in [3.63, 3.8) is 0 Å². The number of halogens is 1. The largest absolute Gasteiger partial charge is 0.479 e. The number of tetrazole rings is 1. The normalized spacial score (nSPS) is 16.9. The van der Waals surface area contributed by atoms with Gasteiger partial charge in [0.1, 0.15) is 0 Å². The van der Waals surface area contributed by atoms with Crippen LogP contribution in [-0.2, 0) is 10.3 Å². The van der Waals surface area contributed by atoms with Gasteiger partial charge < -0.3 is 5.11 Å². The number of carboxylic acid groups (broad SMARTS) is 1. The highest BCUT2D eigenvalue weighted by Crippen LogP contribution is 2.41. The summed E-state index contributed by atoms with van der Waals surface area (Å²) in [6, 6.07) is 1.42. The molecule has 0 atom stereocenters. The summed E-state index contributed by atoms with van der Waals surface area (Å²) in [5.74, 6) is -1.47. The van der Waals surface area contributed by atoms with Crippen molar-refractivity contribution >= 4 is 5.97 Å². The fourth-order valence-electron chi connectivity index (χ4n) is 2.23. The predicted molar refractivity (Wildman–Crippen MR) is 60.5 cm³/mol. The predicted octanol–water partition coefficient (Wildman–Crippen LogP) is 0.838. The van der Waals surface area contributed by atoms with Gasteiger partial charge in [-0.05, 0) is 35.8 Å². The molecule has 2 aromatic rings. The van der Waals surface area contributed by atoms with Gasteiger partial charge in [-0.15, -0.1) is 5.10 Å². The van der Waals surface area contributed by atoms with Gasteiger partial charge in [0.15, 0.2) is 17.2 Å². The van der Waals surface area contributed by atoms with Crippen LogP contribution in [0.2, 0.25) is 0 Å². The van der Waals surface area contributed by atoms with E-state index < -0.39 is 17.3 Å². The quantitative estimate of drug-likeness (QED) is 0.881. The summed E-state index contributed by atoms with van der Waals surface area (Å²) in [5.41, 5.74) is -1.01. The van der Waals surface area contributed by atoms with Crippen LogP contribution in [0, 0.1) is 5.82 Å². The second-order valence-corrected chi connectivity index (χ2v) is 4.46. The topological polar surface area (TPSA) is 93.8 Å². The van der Waals surface area contributed by atoms with Crippen LogP contribution in [0.3, 0.4) is 0 Å². The standard InChI is InChI=1S/C11H10FN5O2/c12-8-6-13-5-2-7(8)9-14-15-16-17(9)11(10(18)19)3-1-4-11/h2,5-6H,1,3-4H2,(H,18,19). The van der Waals surface area contributed by atoms with Crippen molar-refractivity contribution in [3.05, 3.63) is 24.3 Å². The molecule has 0 aromatic carbocycles. The van der Waals surface area contributed by atoms with E-state index in [1.807, 2.05) is 0 Å². The molecule has 0 bridgehead atoms. The first-order chi connectivity index (χ1) is 9.15. The van der Waals surface area contributed by atoms with E-state index in [0.717, 1.165) is 12.6 Å². The molecule has 0 saturated heterocycles. The number of aliphatic carboxylic acids is 1. The third kappa shape index (κ3) is 1.60. The molecule has 2 heterocycles. The van der Waals surface area contributed by atoms with Crippen molar-refractivity contribution in [1.82, 2.24) is 25.2 Å². The van der Waals surface area contributed by atoms with E-state index in [2.05, 4.69) is 20.5 Å². The number of pyridine rings is 1. The van der Waals surface area contributed by atoms with Crippen LogP contribution >= 0.6 is 0 Å². The highest BCUT2D eigenvalue weighted by Gasteiger charge is 2.49. The minimum atomic E-state index is -1.16. The van der Waals surface area contributed by atoms with Crippen LogP contribution in [-0.4, -0.2) is 36.3 Å². The van der Waals surface area contributed by atoms with E-state index >= 15 is 0 Å². The van der Waals surface area contributed by atoms with Crippen molar-refractivity contribution < 1.29 is 14.3 Å². The summed E-state index contributed by atoms with van der Waals surface area (Å²) in [5, 5.41) is 20.3. The Labute approximate surface area is 107 Å². The Hall–Kier alpha value is -2.38. The third-order valence-corrected chi connectivity index (χ3v) is 3.47. The molecule has 0 radical (unpaired) electrons. The number of hydrogen-bond donors (Lipinski definition) is 1. The maximum atomic E-state index is 13.7. The van der Waals surface area contributed by atoms with Gasteiger partial charge in [-0.2, -0.15) is 0 Å². The van der Waals surface area contributed by atoms with Crippen LogP contribution in [0.1, 0.15) is 19.3 Å². The molecule has 0 amide bonds. The maximum Gasteiger partial charge on any atom is 0.331 e. The first-order valence-electron chi connectivity index (χ1n) is 5.77. The Balaban J connectivity index is 2.14. The lowest BCUT2D eigenvalue weighted by Gasteiger charge is -2.37. The minimum absolute atomic E-state index is 0.113. The smallest absolute Gasteiger partial charge is 0.331 e. The summed E-state index contributed by atoms with van der Waals surface area (Å²) >= 11 is 0. The van der Waals surface area contributed by atoms with Crippen molar-refractivity contribution in [2.24, 2.45) is 0 Å². The number of aromatic nitrogens is 5. The molecule has 1 fully saturated rings. The van der Waals surface area contributed by atoms with Crippen molar-refractivity contribution in [2.75, 3.05) is 0 Å². The lowest BCUT2D eigenvalue weighted by molar-refractivity contribution is -0.153. The van der Waals surface area contributed by atoms with Crippen LogP contribution in [0.4, 0.5) is 4.39 Å². The number of nitrogens with zero attached hydrogens (tertiary/aromatic N) is 5. The Bertz CT molecular complexity index is 638. The van der Waals surface area contributed by atoms with Crippen molar-refractivity contribution in [3.8, 4) is 11.4 Å². The molecule has 1 aliphatic rings. The molecule has 0 spiro atoms. The fraction of sp³-hybridized carbons (Fsp3) is 0.364. The fourth-order valence-corrected chi connectivity index (χ4v) is 2.23. The van der Waals surface area contributed by atoms with Crippen molar-refractivity contribution in [1.29, 1.82) is 0 Å². The second kappa shape index (κ2) is 4.08. The number of carbonyl (C=O) groups is 1. The highest BCUT2D eigenvalue weighted by molar-refractivity contribution is 5.78. The highest BCUT2D eigenvalue weighted by atomic mass is 19.1.